The third-order valence-corrected chi connectivity index (χ3v) is 4.31. The second-order valence-corrected chi connectivity index (χ2v) is 6.21. The summed E-state index contributed by atoms with van der Waals surface area (Å²) in [7, 11) is 1.65. The number of amidine groups is 1. The third kappa shape index (κ3) is 3.12. The molecule has 2 aromatic carbocycles. The molecule has 1 heterocycles. The van der Waals surface area contributed by atoms with Crippen LogP contribution in [0.1, 0.15) is 12.5 Å². The minimum Gasteiger partial charge on any atom is -0.495 e. The van der Waals surface area contributed by atoms with Crippen LogP contribution in [0.15, 0.2) is 41.4 Å². The monoisotopic (exact) mass is 326 g/mol. The molecule has 0 spiro atoms. The maximum absolute atomic E-state index is 5.75. The van der Waals surface area contributed by atoms with Crippen molar-refractivity contribution in [1.29, 1.82) is 0 Å². The van der Waals surface area contributed by atoms with Gasteiger partial charge < -0.3 is 15.8 Å². The van der Waals surface area contributed by atoms with Crippen molar-refractivity contribution in [2.75, 3.05) is 12.4 Å². The van der Waals surface area contributed by atoms with E-state index in [4.69, 9.17) is 10.5 Å². The molecule has 6 heteroatoms. The molecular weight excluding hydrogens is 308 g/mol. The highest BCUT2D eigenvalue weighted by molar-refractivity contribution is 7.22. The summed E-state index contributed by atoms with van der Waals surface area (Å²) < 4.78 is 6.43. The van der Waals surface area contributed by atoms with E-state index in [2.05, 4.69) is 21.4 Å². The Hall–Kier alpha value is -2.60. The number of hydrogen-bond acceptors (Lipinski definition) is 5. The zero-order chi connectivity index (χ0) is 16.4. The van der Waals surface area contributed by atoms with Gasteiger partial charge in [-0.1, -0.05) is 29.5 Å². The number of anilines is 2. The van der Waals surface area contributed by atoms with Crippen molar-refractivity contribution >= 4 is 43.9 Å². The second kappa shape index (κ2) is 6.26. The number of aliphatic imine (C=N–C) groups is 1. The first-order valence-corrected chi connectivity index (χ1v) is 8.01. The number of aryl methyl sites for hydroxylation is 1. The molecule has 5 nitrogen and oxygen atoms in total. The molecule has 0 atom stereocenters. The molecule has 0 aliphatic rings. The summed E-state index contributed by atoms with van der Waals surface area (Å²) in [6.45, 7) is 3.78. The quantitative estimate of drug-likeness (QED) is 0.552. The lowest BCUT2D eigenvalue weighted by Crippen LogP contribution is -2.04. The van der Waals surface area contributed by atoms with E-state index in [0.717, 1.165) is 38.0 Å². The molecule has 0 radical (unpaired) electrons. The number of rotatable bonds is 4. The van der Waals surface area contributed by atoms with Crippen molar-refractivity contribution < 1.29 is 4.74 Å². The summed E-state index contributed by atoms with van der Waals surface area (Å²) in [5.74, 6) is 1.30. The zero-order valence-electron chi connectivity index (χ0n) is 13.3. The van der Waals surface area contributed by atoms with Crippen molar-refractivity contribution in [3.63, 3.8) is 0 Å². The van der Waals surface area contributed by atoms with Crippen molar-refractivity contribution in [3.05, 3.63) is 42.0 Å². The van der Waals surface area contributed by atoms with Gasteiger partial charge in [-0.25, -0.2) is 9.98 Å². The maximum Gasteiger partial charge on any atom is 0.188 e. The molecule has 0 fully saturated rings. The minimum atomic E-state index is 0.521. The van der Waals surface area contributed by atoms with Gasteiger partial charge in [0.2, 0.25) is 0 Å². The molecular formula is C17H18N4OS. The van der Waals surface area contributed by atoms with Gasteiger partial charge in [-0.05, 0) is 37.6 Å². The summed E-state index contributed by atoms with van der Waals surface area (Å²) >= 11 is 1.57. The van der Waals surface area contributed by atoms with Crippen LogP contribution in [0.4, 0.5) is 16.5 Å². The molecule has 3 N–H and O–H groups in total. The summed E-state index contributed by atoms with van der Waals surface area (Å²) in [5, 5.41) is 4.11. The first-order valence-electron chi connectivity index (χ1n) is 7.19. The number of para-hydroxylation sites is 2. The van der Waals surface area contributed by atoms with E-state index in [-0.39, 0.29) is 0 Å². The standard InChI is InChI=1S/C17H18N4OS/c1-10-8-9-14-16(15(10)19-11(2)18)21-17(23-14)20-12-6-4-5-7-13(12)22-3/h4-9H,1-3H3,(H2,18,19)(H,20,21). The van der Waals surface area contributed by atoms with E-state index in [9.17, 15) is 0 Å². The van der Waals surface area contributed by atoms with Crippen LogP contribution in [-0.2, 0) is 0 Å². The number of thiazole rings is 1. The SMILES string of the molecule is COc1ccccc1Nc1nc2c(N=C(C)N)c(C)ccc2s1. The van der Waals surface area contributed by atoms with Crippen LogP contribution in [0.25, 0.3) is 10.2 Å². The normalized spacial score (nSPS) is 11.7. The van der Waals surface area contributed by atoms with Gasteiger partial charge in [0.15, 0.2) is 5.13 Å². The van der Waals surface area contributed by atoms with E-state index >= 15 is 0 Å². The van der Waals surface area contributed by atoms with Crippen LogP contribution in [-0.4, -0.2) is 17.9 Å². The number of aromatic nitrogens is 1. The molecule has 23 heavy (non-hydrogen) atoms. The number of fused-ring (bicyclic) bond motifs is 1. The van der Waals surface area contributed by atoms with Crippen LogP contribution in [0.5, 0.6) is 5.75 Å². The van der Waals surface area contributed by atoms with Gasteiger partial charge >= 0.3 is 0 Å². The Balaban J connectivity index is 2.05. The Labute approximate surface area is 138 Å². The second-order valence-electron chi connectivity index (χ2n) is 5.18. The number of benzene rings is 2. The van der Waals surface area contributed by atoms with E-state index < -0.39 is 0 Å². The minimum absolute atomic E-state index is 0.521. The molecule has 0 saturated heterocycles. The van der Waals surface area contributed by atoms with Gasteiger partial charge in [0.25, 0.3) is 0 Å². The molecule has 0 saturated carbocycles. The predicted octanol–water partition coefficient (Wildman–Crippen LogP) is 4.37. The van der Waals surface area contributed by atoms with Crippen molar-refractivity contribution in [2.45, 2.75) is 13.8 Å². The summed E-state index contributed by atoms with van der Waals surface area (Å²) in [6.07, 6.45) is 0. The van der Waals surface area contributed by atoms with Crippen LogP contribution in [0.2, 0.25) is 0 Å². The molecule has 0 amide bonds. The molecule has 0 unspecified atom stereocenters. The van der Waals surface area contributed by atoms with E-state index in [0.29, 0.717) is 5.84 Å². The number of nitrogens with one attached hydrogen (secondary N) is 1. The van der Waals surface area contributed by atoms with Gasteiger partial charge in [-0.15, -0.1) is 0 Å². The molecule has 1 aromatic heterocycles. The molecule has 0 aliphatic carbocycles. The fourth-order valence-electron chi connectivity index (χ4n) is 2.31. The van der Waals surface area contributed by atoms with Gasteiger partial charge in [0.1, 0.15) is 11.3 Å². The lowest BCUT2D eigenvalue weighted by atomic mass is 10.2. The number of hydrogen-bond donors (Lipinski definition) is 2. The predicted molar refractivity (Wildman–Crippen MR) is 97.6 cm³/mol. The summed E-state index contributed by atoms with van der Waals surface area (Å²) in [4.78, 5) is 9.11. The Morgan fingerprint density at radius 3 is 2.78 bits per heavy atom. The highest BCUT2D eigenvalue weighted by Crippen LogP contribution is 2.37. The fraction of sp³-hybridized carbons (Fsp3) is 0.176. The molecule has 118 valence electrons. The first kappa shape index (κ1) is 15.3. The van der Waals surface area contributed by atoms with E-state index in [1.807, 2.05) is 37.3 Å². The van der Waals surface area contributed by atoms with Crippen LogP contribution in [0, 0.1) is 6.92 Å². The van der Waals surface area contributed by atoms with Crippen molar-refractivity contribution in [3.8, 4) is 5.75 Å². The van der Waals surface area contributed by atoms with Crippen LogP contribution in [0.3, 0.4) is 0 Å². The zero-order valence-corrected chi connectivity index (χ0v) is 14.1. The number of nitrogens with two attached hydrogens (primary N) is 1. The van der Waals surface area contributed by atoms with Gasteiger partial charge in [0, 0.05) is 0 Å². The smallest absolute Gasteiger partial charge is 0.188 e. The summed E-state index contributed by atoms with van der Waals surface area (Å²) in [5.41, 5.74) is 9.36. The Morgan fingerprint density at radius 1 is 1.26 bits per heavy atom. The van der Waals surface area contributed by atoms with Crippen LogP contribution >= 0.6 is 11.3 Å². The van der Waals surface area contributed by atoms with Gasteiger partial charge in [0.05, 0.1) is 29.0 Å². The summed E-state index contributed by atoms with van der Waals surface area (Å²) in [6, 6.07) is 11.8. The number of methoxy groups -OCH3 is 1. The Morgan fingerprint density at radius 2 is 2.04 bits per heavy atom. The average Bonchev–Trinajstić information content (AvgIpc) is 2.93. The molecule has 0 bridgehead atoms. The average molecular weight is 326 g/mol. The van der Waals surface area contributed by atoms with Gasteiger partial charge in [-0.2, -0.15) is 0 Å². The van der Waals surface area contributed by atoms with E-state index in [1.165, 1.54) is 0 Å². The topological polar surface area (TPSA) is 72.5 Å². The Kier molecular flexibility index (Phi) is 4.16. The molecule has 0 aliphatic heterocycles. The highest BCUT2D eigenvalue weighted by Gasteiger charge is 2.12. The number of ether oxygens (including phenoxy) is 1. The molecule has 3 aromatic rings. The largest absolute Gasteiger partial charge is 0.495 e. The highest BCUT2D eigenvalue weighted by atomic mass is 32.1. The first-order chi connectivity index (χ1) is 11.1. The lowest BCUT2D eigenvalue weighted by molar-refractivity contribution is 0.417. The Bertz CT molecular complexity index is 881. The van der Waals surface area contributed by atoms with Crippen molar-refractivity contribution in [2.24, 2.45) is 10.7 Å². The fourth-order valence-corrected chi connectivity index (χ4v) is 3.20. The van der Waals surface area contributed by atoms with Gasteiger partial charge in [-0.3, -0.25) is 0 Å². The number of nitrogens with zero attached hydrogens (tertiary/aromatic N) is 2. The van der Waals surface area contributed by atoms with E-state index in [1.54, 1.807) is 25.4 Å². The van der Waals surface area contributed by atoms with Crippen molar-refractivity contribution in [1.82, 2.24) is 4.98 Å². The lowest BCUT2D eigenvalue weighted by Gasteiger charge is -2.07. The third-order valence-electron chi connectivity index (χ3n) is 3.37. The van der Waals surface area contributed by atoms with Crippen LogP contribution < -0.4 is 15.8 Å². The molecule has 3 rings (SSSR count). The maximum atomic E-state index is 5.75.